The molecule has 1 aromatic rings. The molecule has 0 saturated heterocycles. The van der Waals surface area contributed by atoms with Gasteiger partial charge in [0.25, 0.3) is 0 Å². The van der Waals surface area contributed by atoms with Crippen molar-refractivity contribution in [2.45, 2.75) is 37.7 Å². The molecule has 0 aromatic carbocycles. The van der Waals surface area contributed by atoms with E-state index >= 15 is 0 Å². The van der Waals surface area contributed by atoms with Crippen molar-refractivity contribution in [3.05, 3.63) is 23.7 Å². The van der Waals surface area contributed by atoms with E-state index in [1.165, 1.54) is 25.7 Å². The van der Waals surface area contributed by atoms with Crippen LogP contribution in [0.5, 0.6) is 0 Å². The Morgan fingerprint density at radius 1 is 1.43 bits per heavy atom. The van der Waals surface area contributed by atoms with Crippen LogP contribution in [0.4, 0.5) is 0 Å². The zero-order valence-electron chi connectivity index (χ0n) is 8.28. The number of aliphatic hydroxyl groups is 1. The number of nitrogens with two attached hydrogens (primary N) is 1. The van der Waals surface area contributed by atoms with E-state index in [0.717, 1.165) is 5.76 Å². The predicted molar refractivity (Wildman–Crippen MR) is 53.9 cm³/mol. The molecule has 1 aliphatic carbocycles. The van der Waals surface area contributed by atoms with Crippen LogP contribution in [-0.2, 0) is 0 Å². The van der Waals surface area contributed by atoms with Gasteiger partial charge in [-0.3, -0.25) is 0 Å². The summed E-state index contributed by atoms with van der Waals surface area (Å²) in [6.45, 7) is 0.220. The smallest absolute Gasteiger partial charge is 0.133 e. The van der Waals surface area contributed by atoms with E-state index < -0.39 is 6.10 Å². The lowest BCUT2D eigenvalue weighted by Crippen LogP contribution is -2.10. The number of aliphatic hydroxyl groups excluding tert-OH is 1. The largest absolute Gasteiger partial charge is 0.463 e. The summed E-state index contributed by atoms with van der Waals surface area (Å²) >= 11 is 0. The van der Waals surface area contributed by atoms with Gasteiger partial charge in [0.15, 0.2) is 0 Å². The van der Waals surface area contributed by atoms with Crippen molar-refractivity contribution in [3.8, 4) is 0 Å². The van der Waals surface area contributed by atoms with E-state index in [-0.39, 0.29) is 6.54 Å². The first-order valence-corrected chi connectivity index (χ1v) is 5.29. The van der Waals surface area contributed by atoms with E-state index in [4.69, 9.17) is 10.2 Å². The molecule has 14 heavy (non-hydrogen) atoms. The Hall–Kier alpha value is -0.800. The van der Waals surface area contributed by atoms with Gasteiger partial charge < -0.3 is 15.3 Å². The normalized spacial score (nSPS) is 20.1. The molecule has 1 atom stereocenters. The summed E-state index contributed by atoms with van der Waals surface area (Å²) in [5.41, 5.74) is 5.36. The molecule has 0 bridgehead atoms. The summed E-state index contributed by atoms with van der Waals surface area (Å²) in [7, 11) is 0. The topological polar surface area (TPSA) is 59.4 Å². The van der Waals surface area contributed by atoms with Gasteiger partial charge in [-0.2, -0.15) is 0 Å². The fourth-order valence-electron chi connectivity index (χ4n) is 2.09. The Morgan fingerprint density at radius 3 is 2.79 bits per heavy atom. The van der Waals surface area contributed by atoms with Crippen LogP contribution in [0.25, 0.3) is 0 Å². The first kappa shape index (κ1) is 9.74. The van der Waals surface area contributed by atoms with E-state index in [2.05, 4.69) is 0 Å². The maximum atomic E-state index is 9.47. The van der Waals surface area contributed by atoms with Gasteiger partial charge in [0.2, 0.25) is 0 Å². The molecular formula is C11H17NO2. The van der Waals surface area contributed by atoms with Crippen molar-refractivity contribution in [3.63, 3.8) is 0 Å². The van der Waals surface area contributed by atoms with Crippen LogP contribution < -0.4 is 5.73 Å². The van der Waals surface area contributed by atoms with Crippen LogP contribution >= 0.6 is 0 Å². The van der Waals surface area contributed by atoms with Gasteiger partial charge in [0, 0.05) is 12.5 Å². The van der Waals surface area contributed by atoms with Gasteiger partial charge in [-0.1, -0.05) is 12.8 Å². The Morgan fingerprint density at radius 2 is 2.14 bits per heavy atom. The number of hydrogen-bond donors (Lipinski definition) is 2. The van der Waals surface area contributed by atoms with Crippen molar-refractivity contribution < 1.29 is 9.52 Å². The van der Waals surface area contributed by atoms with Crippen molar-refractivity contribution >= 4 is 0 Å². The van der Waals surface area contributed by atoms with Crippen LogP contribution in [-0.4, -0.2) is 11.7 Å². The highest BCUT2D eigenvalue weighted by atomic mass is 16.4. The molecule has 1 aromatic heterocycles. The van der Waals surface area contributed by atoms with Crippen molar-refractivity contribution in [1.82, 2.24) is 0 Å². The maximum absolute atomic E-state index is 9.47. The molecule has 1 unspecified atom stereocenters. The Kier molecular flexibility index (Phi) is 2.89. The standard InChI is InChI=1S/C11H17NO2/c12-7-9(13)11-6-5-10(14-11)8-3-1-2-4-8/h5-6,8-9,13H,1-4,7,12H2. The molecule has 78 valence electrons. The van der Waals surface area contributed by atoms with Crippen LogP contribution in [0.2, 0.25) is 0 Å². The van der Waals surface area contributed by atoms with E-state index in [0.29, 0.717) is 11.7 Å². The van der Waals surface area contributed by atoms with Gasteiger partial charge in [-0.25, -0.2) is 0 Å². The fraction of sp³-hybridized carbons (Fsp3) is 0.636. The molecule has 3 nitrogen and oxygen atoms in total. The quantitative estimate of drug-likeness (QED) is 0.774. The lowest BCUT2D eigenvalue weighted by Gasteiger charge is -2.06. The van der Waals surface area contributed by atoms with Crippen molar-refractivity contribution in [1.29, 1.82) is 0 Å². The van der Waals surface area contributed by atoms with Crippen LogP contribution in [0.3, 0.4) is 0 Å². The summed E-state index contributed by atoms with van der Waals surface area (Å²) in [6, 6.07) is 3.81. The van der Waals surface area contributed by atoms with Crippen LogP contribution in [0, 0.1) is 0 Å². The van der Waals surface area contributed by atoms with E-state index in [1.807, 2.05) is 12.1 Å². The third kappa shape index (κ3) is 1.83. The van der Waals surface area contributed by atoms with Gasteiger partial charge in [0.1, 0.15) is 17.6 Å². The minimum Gasteiger partial charge on any atom is -0.463 e. The maximum Gasteiger partial charge on any atom is 0.133 e. The molecular weight excluding hydrogens is 178 g/mol. The Bertz CT molecular complexity index is 289. The highest BCUT2D eigenvalue weighted by molar-refractivity contribution is 5.14. The average Bonchev–Trinajstić information content (AvgIpc) is 2.86. The minimum absolute atomic E-state index is 0.220. The summed E-state index contributed by atoms with van der Waals surface area (Å²) in [4.78, 5) is 0. The molecule has 3 heteroatoms. The average molecular weight is 195 g/mol. The third-order valence-electron chi connectivity index (χ3n) is 2.96. The van der Waals surface area contributed by atoms with Gasteiger partial charge in [-0.15, -0.1) is 0 Å². The van der Waals surface area contributed by atoms with E-state index in [9.17, 15) is 5.11 Å². The molecule has 1 heterocycles. The number of hydrogen-bond acceptors (Lipinski definition) is 3. The number of rotatable bonds is 3. The second kappa shape index (κ2) is 4.15. The molecule has 1 fully saturated rings. The Balaban J connectivity index is 2.08. The summed E-state index contributed by atoms with van der Waals surface area (Å²) in [6.07, 6.45) is 4.36. The molecule has 1 saturated carbocycles. The van der Waals surface area contributed by atoms with Gasteiger partial charge in [-0.05, 0) is 25.0 Å². The first-order chi connectivity index (χ1) is 6.81. The van der Waals surface area contributed by atoms with E-state index in [1.54, 1.807) is 0 Å². The Labute approximate surface area is 83.9 Å². The first-order valence-electron chi connectivity index (χ1n) is 5.29. The van der Waals surface area contributed by atoms with Crippen LogP contribution in [0.1, 0.15) is 49.2 Å². The second-order valence-electron chi connectivity index (χ2n) is 3.97. The molecule has 0 radical (unpaired) electrons. The zero-order chi connectivity index (χ0) is 9.97. The zero-order valence-corrected chi connectivity index (χ0v) is 8.28. The molecule has 1 aliphatic rings. The highest BCUT2D eigenvalue weighted by Crippen LogP contribution is 2.35. The number of furan rings is 1. The lowest BCUT2D eigenvalue weighted by atomic mass is 10.1. The van der Waals surface area contributed by atoms with Gasteiger partial charge in [0.05, 0.1) is 0 Å². The van der Waals surface area contributed by atoms with Crippen molar-refractivity contribution in [2.24, 2.45) is 5.73 Å². The third-order valence-corrected chi connectivity index (χ3v) is 2.96. The molecule has 0 amide bonds. The summed E-state index contributed by atoms with van der Waals surface area (Å²) in [5, 5.41) is 9.47. The van der Waals surface area contributed by atoms with Crippen LogP contribution in [0.15, 0.2) is 16.5 Å². The fourth-order valence-corrected chi connectivity index (χ4v) is 2.09. The van der Waals surface area contributed by atoms with Gasteiger partial charge >= 0.3 is 0 Å². The molecule has 3 N–H and O–H groups in total. The monoisotopic (exact) mass is 195 g/mol. The molecule has 0 spiro atoms. The predicted octanol–water partition coefficient (Wildman–Crippen LogP) is 1.93. The lowest BCUT2D eigenvalue weighted by molar-refractivity contribution is 0.155. The molecule has 2 rings (SSSR count). The van der Waals surface area contributed by atoms with Crippen molar-refractivity contribution in [2.75, 3.05) is 6.54 Å². The minimum atomic E-state index is -0.648. The highest BCUT2D eigenvalue weighted by Gasteiger charge is 2.21. The molecule has 0 aliphatic heterocycles. The second-order valence-corrected chi connectivity index (χ2v) is 3.97. The summed E-state index contributed by atoms with van der Waals surface area (Å²) < 4.78 is 5.59. The SMILES string of the molecule is NCC(O)c1ccc(C2CCCC2)o1. The summed E-state index contributed by atoms with van der Waals surface area (Å²) in [5.74, 6) is 2.19.